The number of carbonyl (C=O) groups excluding carboxylic acids is 1. The van der Waals surface area contributed by atoms with Gasteiger partial charge in [0.05, 0.1) is 27.4 Å². The molecule has 0 aliphatic carbocycles. The Balaban J connectivity index is 1.80. The molecule has 0 unspecified atom stereocenters. The Kier molecular flexibility index (Phi) is 7.06. The van der Waals surface area contributed by atoms with Crippen LogP contribution in [0.2, 0.25) is 10.0 Å². The van der Waals surface area contributed by atoms with E-state index in [1.54, 1.807) is 22.9 Å². The molecule has 0 atom stereocenters. The fourth-order valence-electron chi connectivity index (χ4n) is 2.04. The van der Waals surface area contributed by atoms with E-state index in [4.69, 9.17) is 35.4 Å². The van der Waals surface area contributed by atoms with E-state index in [0.29, 0.717) is 22.3 Å². The Morgan fingerprint density at radius 2 is 2.04 bits per heavy atom. The molecule has 1 aromatic heterocycles. The summed E-state index contributed by atoms with van der Waals surface area (Å²) in [5.41, 5.74) is 7.57. The number of hydrazine groups is 1. The maximum atomic E-state index is 11.9. The first kappa shape index (κ1) is 20.0. The molecule has 0 aliphatic heterocycles. The van der Waals surface area contributed by atoms with Gasteiger partial charge in [-0.2, -0.15) is 5.10 Å². The first-order chi connectivity index (χ1) is 11.8. The van der Waals surface area contributed by atoms with Crippen LogP contribution in [0.3, 0.4) is 0 Å². The zero-order valence-corrected chi connectivity index (χ0v) is 17.4. The van der Waals surface area contributed by atoms with Crippen molar-refractivity contribution in [2.75, 3.05) is 5.32 Å². The number of nitrogens with one attached hydrogen (secondary N) is 3. The molecular formula is C15H16BrCl2N5OS. The average molecular weight is 465 g/mol. The highest BCUT2D eigenvalue weighted by molar-refractivity contribution is 9.10. The van der Waals surface area contributed by atoms with Gasteiger partial charge in [-0.15, -0.1) is 0 Å². The number of benzene rings is 1. The number of halogens is 3. The zero-order chi connectivity index (χ0) is 18.6. The molecular weight excluding hydrogens is 449 g/mol. The van der Waals surface area contributed by atoms with Gasteiger partial charge in [-0.25, -0.2) is 0 Å². The highest BCUT2D eigenvalue weighted by Gasteiger charge is 2.10. The third-order valence-electron chi connectivity index (χ3n) is 3.34. The predicted molar refractivity (Wildman–Crippen MR) is 108 cm³/mol. The lowest BCUT2D eigenvalue weighted by molar-refractivity contribution is -0.121. The third-order valence-corrected chi connectivity index (χ3v) is 5.25. The van der Waals surface area contributed by atoms with Gasteiger partial charge in [0.25, 0.3) is 0 Å². The fourth-order valence-corrected chi connectivity index (χ4v) is 2.82. The molecule has 10 heteroatoms. The molecule has 0 spiro atoms. The number of amides is 1. The van der Waals surface area contributed by atoms with Crippen LogP contribution in [0.4, 0.5) is 5.69 Å². The Labute approximate surface area is 169 Å². The monoisotopic (exact) mass is 463 g/mol. The Morgan fingerprint density at radius 3 is 2.68 bits per heavy atom. The third kappa shape index (κ3) is 5.57. The minimum absolute atomic E-state index is 0.200. The number of hydrogen-bond donors (Lipinski definition) is 3. The second kappa shape index (κ2) is 8.84. The minimum Gasteiger partial charge on any atom is -0.330 e. The number of rotatable bonds is 4. The Morgan fingerprint density at radius 1 is 1.32 bits per heavy atom. The van der Waals surface area contributed by atoms with Crippen molar-refractivity contribution in [2.45, 2.75) is 26.8 Å². The summed E-state index contributed by atoms with van der Waals surface area (Å²) in [6.07, 6.45) is 0.252. The number of hydrogen-bond acceptors (Lipinski definition) is 3. The van der Waals surface area contributed by atoms with Crippen molar-refractivity contribution in [2.24, 2.45) is 0 Å². The average Bonchev–Trinajstić information content (AvgIpc) is 2.81. The number of anilines is 1. The molecule has 0 aliphatic rings. The second-order valence-corrected chi connectivity index (χ2v) is 7.25. The minimum atomic E-state index is -0.218. The fraction of sp³-hybridized carbons (Fsp3) is 0.267. The van der Waals surface area contributed by atoms with Crippen LogP contribution in [0.5, 0.6) is 0 Å². The molecule has 1 amide bonds. The van der Waals surface area contributed by atoms with Gasteiger partial charge in [-0.1, -0.05) is 23.2 Å². The van der Waals surface area contributed by atoms with Crippen molar-refractivity contribution in [3.05, 3.63) is 44.1 Å². The largest absolute Gasteiger partial charge is 0.330 e. The lowest BCUT2D eigenvalue weighted by atomic mass is 10.3. The van der Waals surface area contributed by atoms with Gasteiger partial charge in [-0.3, -0.25) is 20.3 Å². The van der Waals surface area contributed by atoms with Crippen LogP contribution in [0.15, 0.2) is 22.7 Å². The number of thiocarbonyl (C=S) groups is 1. The maximum absolute atomic E-state index is 11.9. The summed E-state index contributed by atoms with van der Waals surface area (Å²) in [6, 6.07) is 4.96. The topological polar surface area (TPSA) is 71.0 Å². The predicted octanol–water partition coefficient (Wildman–Crippen LogP) is 3.98. The summed E-state index contributed by atoms with van der Waals surface area (Å²) in [4.78, 5) is 11.9. The second-order valence-electron chi connectivity index (χ2n) is 5.21. The Bertz CT molecular complexity index is 811. The molecule has 2 aromatic rings. The summed E-state index contributed by atoms with van der Waals surface area (Å²) >= 11 is 20.5. The summed E-state index contributed by atoms with van der Waals surface area (Å²) in [6.45, 7) is 4.31. The van der Waals surface area contributed by atoms with E-state index in [1.165, 1.54) is 0 Å². The van der Waals surface area contributed by atoms with E-state index >= 15 is 0 Å². The van der Waals surface area contributed by atoms with Gasteiger partial charge in [-0.05, 0) is 60.2 Å². The molecule has 0 radical (unpaired) electrons. The maximum Gasteiger partial charge on any atom is 0.240 e. The van der Waals surface area contributed by atoms with Gasteiger partial charge < -0.3 is 5.32 Å². The van der Waals surface area contributed by atoms with E-state index in [9.17, 15) is 4.79 Å². The molecule has 134 valence electrons. The number of aryl methyl sites for hydroxylation is 2. The van der Waals surface area contributed by atoms with Crippen LogP contribution in [0.25, 0.3) is 0 Å². The summed E-state index contributed by atoms with van der Waals surface area (Å²) in [5.74, 6) is -0.218. The summed E-state index contributed by atoms with van der Waals surface area (Å²) in [7, 11) is 0. The first-order valence-corrected chi connectivity index (χ1v) is 9.24. The summed E-state index contributed by atoms with van der Waals surface area (Å²) < 4.78 is 2.73. The van der Waals surface area contributed by atoms with Gasteiger partial charge >= 0.3 is 0 Å². The van der Waals surface area contributed by atoms with E-state index < -0.39 is 0 Å². The van der Waals surface area contributed by atoms with Crippen molar-refractivity contribution >= 4 is 68.1 Å². The van der Waals surface area contributed by atoms with Crippen LogP contribution in [0, 0.1) is 13.8 Å². The normalized spacial score (nSPS) is 10.4. The first-order valence-electron chi connectivity index (χ1n) is 7.28. The van der Waals surface area contributed by atoms with E-state index in [1.807, 2.05) is 13.8 Å². The smallest absolute Gasteiger partial charge is 0.240 e. The van der Waals surface area contributed by atoms with E-state index in [0.717, 1.165) is 15.9 Å². The van der Waals surface area contributed by atoms with Gasteiger partial charge in [0.1, 0.15) is 0 Å². The van der Waals surface area contributed by atoms with Crippen molar-refractivity contribution in [3.8, 4) is 0 Å². The van der Waals surface area contributed by atoms with Gasteiger partial charge in [0.15, 0.2) is 5.11 Å². The van der Waals surface area contributed by atoms with Crippen molar-refractivity contribution in [3.63, 3.8) is 0 Å². The molecule has 3 N–H and O–H groups in total. The molecule has 0 bridgehead atoms. The zero-order valence-electron chi connectivity index (χ0n) is 13.5. The number of carbonyl (C=O) groups is 1. The lowest BCUT2D eigenvalue weighted by Gasteiger charge is -2.13. The van der Waals surface area contributed by atoms with Crippen LogP contribution < -0.4 is 16.2 Å². The van der Waals surface area contributed by atoms with Crippen molar-refractivity contribution < 1.29 is 4.79 Å². The molecule has 1 heterocycles. The van der Waals surface area contributed by atoms with Crippen LogP contribution >= 0.6 is 51.3 Å². The highest BCUT2D eigenvalue weighted by Crippen LogP contribution is 2.25. The molecule has 0 fully saturated rings. The highest BCUT2D eigenvalue weighted by atomic mass is 79.9. The lowest BCUT2D eigenvalue weighted by Crippen LogP contribution is -2.44. The van der Waals surface area contributed by atoms with Crippen molar-refractivity contribution in [1.82, 2.24) is 20.6 Å². The molecule has 0 saturated carbocycles. The molecule has 25 heavy (non-hydrogen) atoms. The van der Waals surface area contributed by atoms with Crippen LogP contribution in [0.1, 0.15) is 17.8 Å². The Hall–Kier alpha value is -1.35. The number of nitrogens with zero attached hydrogens (tertiary/aromatic N) is 2. The van der Waals surface area contributed by atoms with Crippen LogP contribution in [-0.4, -0.2) is 20.8 Å². The van der Waals surface area contributed by atoms with Gasteiger partial charge in [0.2, 0.25) is 5.91 Å². The molecule has 6 nitrogen and oxygen atoms in total. The van der Waals surface area contributed by atoms with E-state index in [-0.39, 0.29) is 17.4 Å². The standard InChI is InChI=1S/C15H16BrCl2N5OS/c1-8-14(16)9(2)23(22-8)6-5-13(24)20-21-15(25)19-12-7-10(17)3-4-11(12)18/h3-4,7H,5-6H2,1-2H3,(H,20,24)(H2,19,21,25). The molecule has 2 rings (SSSR count). The van der Waals surface area contributed by atoms with Crippen LogP contribution in [-0.2, 0) is 11.3 Å². The van der Waals surface area contributed by atoms with Gasteiger partial charge in [0, 0.05) is 17.1 Å². The number of aromatic nitrogens is 2. The summed E-state index contributed by atoms with van der Waals surface area (Å²) in [5, 5.41) is 8.41. The van der Waals surface area contributed by atoms with Crippen molar-refractivity contribution in [1.29, 1.82) is 0 Å². The van der Waals surface area contributed by atoms with E-state index in [2.05, 4.69) is 37.2 Å². The molecule has 0 saturated heterocycles. The SMILES string of the molecule is Cc1nn(CCC(=O)NNC(=S)Nc2cc(Cl)ccc2Cl)c(C)c1Br. The quantitative estimate of drug-likeness (QED) is 0.471. The molecule has 1 aromatic carbocycles.